The van der Waals surface area contributed by atoms with Crippen LogP contribution in [0.3, 0.4) is 0 Å². The monoisotopic (exact) mass is 780 g/mol. The fourth-order valence-electron chi connectivity index (χ4n) is 7.61. The molecule has 8 nitrogen and oxygen atoms in total. The lowest BCUT2D eigenvalue weighted by Gasteiger charge is -2.26. The molecule has 292 valence electrons. The first-order valence-electron chi connectivity index (χ1n) is 20.2. The zero-order valence-electron chi connectivity index (χ0n) is 33.5. The quantitative estimate of drug-likeness (QED) is 0.0985. The van der Waals surface area contributed by atoms with Gasteiger partial charge in [0.1, 0.15) is 16.7 Å². The number of hydrogen-bond donors (Lipinski definition) is 1. The second-order valence-corrected chi connectivity index (χ2v) is 15.0. The summed E-state index contributed by atoms with van der Waals surface area (Å²) < 4.78 is 0. The maximum absolute atomic E-state index is 7.35. The molecular formula is C52H44N8. The maximum Gasteiger partial charge on any atom is 0.124 e. The standard InChI is InChI=1S/C52H44N8/c1-37(2)36-58-56-51-47(38-28-32-45(33-29-38)59(41-20-10-4-11-21-41)42-22-12-5-13-23-42)49(53)50(55-54-40-18-8-3-9-19-40)48(52(51)57-58)39-30-34-46(35-31-39)60(43-24-14-6-15-25-43)44-26-16-7-17-27-44/h3-35,37H,36,53H2,1-2H3. The molecule has 2 N–H and O–H groups in total. The molecule has 0 atom stereocenters. The summed E-state index contributed by atoms with van der Waals surface area (Å²) in [5.41, 5.74) is 20.1. The van der Waals surface area contributed by atoms with Crippen molar-refractivity contribution in [2.45, 2.75) is 20.4 Å². The van der Waals surface area contributed by atoms with Gasteiger partial charge in [0, 0.05) is 45.3 Å². The van der Waals surface area contributed by atoms with Crippen LogP contribution in [0.2, 0.25) is 0 Å². The summed E-state index contributed by atoms with van der Waals surface area (Å²) in [4.78, 5) is 6.28. The normalized spacial score (nSPS) is 11.4. The first kappa shape index (κ1) is 37.7. The Labute approximate surface area is 350 Å². The van der Waals surface area contributed by atoms with Crippen molar-refractivity contribution < 1.29 is 0 Å². The third-order valence-electron chi connectivity index (χ3n) is 10.3. The average Bonchev–Trinajstić information content (AvgIpc) is 3.70. The summed E-state index contributed by atoms with van der Waals surface area (Å²) in [7, 11) is 0. The van der Waals surface area contributed by atoms with Crippen LogP contribution in [0.15, 0.2) is 210 Å². The Morgan fingerprint density at radius 3 is 1.20 bits per heavy atom. The third kappa shape index (κ3) is 7.74. The molecule has 9 rings (SSSR count). The van der Waals surface area contributed by atoms with Crippen LogP contribution in [0.1, 0.15) is 13.8 Å². The lowest BCUT2D eigenvalue weighted by molar-refractivity contribution is 0.442. The van der Waals surface area contributed by atoms with Crippen molar-refractivity contribution in [3.8, 4) is 22.3 Å². The molecule has 0 radical (unpaired) electrons. The van der Waals surface area contributed by atoms with Gasteiger partial charge in [-0.1, -0.05) is 129 Å². The zero-order chi connectivity index (χ0) is 40.8. The Bertz CT molecular complexity index is 2760. The summed E-state index contributed by atoms with van der Waals surface area (Å²) in [6.07, 6.45) is 0. The van der Waals surface area contributed by atoms with Gasteiger partial charge in [-0.15, -0.1) is 5.11 Å². The third-order valence-corrected chi connectivity index (χ3v) is 10.3. The summed E-state index contributed by atoms with van der Waals surface area (Å²) >= 11 is 0. The van der Waals surface area contributed by atoms with E-state index in [0.29, 0.717) is 34.9 Å². The Hall–Kier alpha value is -7.84. The molecule has 0 spiro atoms. The van der Waals surface area contributed by atoms with Crippen LogP contribution in [0.5, 0.6) is 0 Å². The first-order valence-corrected chi connectivity index (χ1v) is 20.2. The van der Waals surface area contributed by atoms with Crippen molar-refractivity contribution >= 4 is 62.2 Å². The predicted molar refractivity (Wildman–Crippen MR) is 248 cm³/mol. The highest BCUT2D eigenvalue weighted by atomic mass is 15.5. The topological polar surface area (TPSA) is 87.9 Å². The number of anilines is 7. The average molecular weight is 781 g/mol. The second-order valence-electron chi connectivity index (χ2n) is 15.0. The molecule has 0 aliphatic heterocycles. The summed E-state index contributed by atoms with van der Waals surface area (Å²) in [6.45, 7) is 4.97. The first-order chi connectivity index (χ1) is 29.5. The number of nitrogens with zero attached hydrogens (tertiary/aromatic N) is 7. The lowest BCUT2D eigenvalue weighted by Crippen LogP contribution is -2.09. The van der Waals surface area contributed by atoms with E-state index < -0.39 is 0 Å². The fourth-order valence-corrected chi connectivity index (χ4v) is 7.61. The highest BCUT2D eigenvalue weighted by Crippen LogP contribution is 2.49. The SMILES string of the molecule is CC(C)Cn1nc2c(-c3ccc(N(c4ccccc4)c4ccccc4)cc3)c(N)c(N=Nc3ccccc3)c(-c3ccc(N(c4ccccc4)c4ccccc4)cc3)c2n1. The molecule has 0 aliphatic carbocycles. The van der Waals surface area contributed by atoms with Crippen LogP contribution < -0.4 is 15.5 Å². The zero-order valence-corrected chi connectivity index (χ0v) is 33.5. The van der Waals surface area contributed by atoms with E-state index in [4.69, 9.17) is 26.2 Å². The van der Waals surface area contributed by atoms with E-state index in [1.165, 1.54) is 0 Å². The molecule has 0 aliphatic rings. The molecular weight excluding hydrogens is 737 g/mol. The Morgan fingerprint density at radius 1 is 0.450 bits per heavy atom. The number of benzene rings is 8. The molecule has 8 heteroatoms. The van der Waals surface area contributed by atoms with Crippen molar-refractivity contribution in [1.82, 2.24) is 15.0 Å². The van der Waals surface area contributed by atoms with E-state index >= 15 is 0 Å². The van der Waals surface area contributed by atoms with E-state index in [1.807, 2.05) is 54.6 Å². The van der Waals surface area contributed by atoms with Gasteiger partial charge in [-0.2, -0.15) is 20.1 Å². The maximum atomic E-state index is 7.35. The van der Waals surface area contributed by atoms with Gasteiger partial charge in [0.05, 0.1) is 17.9 Å². The molecule has 8 aromatic carbocycles. The summed E-state index contributed by atoms with van der Waals surface area (Å²) in [5, 5.41) is 20.0. The lowest BCUT2D eigenvalue weighted by atomic mass is 9.93. The van der Waals surface area contributed by atoms with Gasteiger partial charge >= 0.3 is 0 Å². The number of azo groups is 1. The van der Waals surface area contributed by atoms with Crippen LogP contribution in [0.25, 0.3) is 33.3 Å². The highest BCUT2D eigenvalue weighted by Gasteiger charge is 2.26. The van der Waals surface area contributed by atoms with E-state index in [1.54, 1.807) is 4.80 Å². The molecule has 0 unspecified atom stereocenters. The van der Waals surface area contributed by atoms with E-state index in [-0.39, 0.29) is 0 Å². The van der Waals surface area contributed by atoms with Crippen LogP contribution in [0, 0.1) is 5.92 Å². The van der Waals surface area contributed by atoms with E-state index in [2.05, 4.69) is 169 Å². The molecule has 9 aromatic rings. The van der Waals surface area contributed by atoms with Gasteiger partial charge in [0.25, 0.3) is 0 Å². The summed E-state index contributed by atoms with van der Waals surface area (Å²) in [5.74, 6) is 0.316. The molecule has 0 saturated heterocycles. The number of nitrogen functional groups attached to an aromatic ring is 1. The molecule has 0 saturated carbocycles. The van der Waals surface area contributed by atoms with Crippen molar-refractivity contribution in [2.75, 3.05) is 15.5 Å². The van der Waals surface area contributed by atoms with Crippen LogP contribution in [0.4, 0.5) is 51.2 Å². The van der Waals surface area contributed by atoms with Crippen molar-refractivity contribution in [3.05, 3.63) is 200 Å². The number of para-hydroxylation sites is 4. The van der Waals surface area contributed by atoms with Crippen LogP contribution in [-0.2, 0) is 6.54 Å². The van der Waals surface area contributed by atoms with Gasteiger partial charge in [0.2, 0.25) is 0 Å². The van der Waals surface area contributed by atoms with Crippen molar-refractivity contribution in [2.24, 2.45) is 16.1 Å². The minimum absolute atomic E-state index is 0.316. The van der Waals surface area contributed by atoms with Gasteiger partial charge in [-0.3, -0.25) is 0 Å². The van der Waals surface area contributed by atoms with Gasteiger partial charge in [0.15, 0.2) is 0 Å². The predicted octanol–water partition coefficient (Wildman–Crippen LogP) is 14.4. The van der Waals surface area contributed by atoms with Crippen LogP contribution in [-0.4, -0.2) is 15.0 Å². The van der Waals surface area contributed by atoms with Crippen molar-refractivity contribution in [3.63, 3.8) is 0 Å². The Kier molecular flexibility index (Phi) is 10.7. The summed E-state index contributed by atoms with van der Waals surface area (Å²) in [6, 6.07) is 68.2. The van der Waals surface area contributed by atoms with Gasteiger partial charge in [-0.25, -0.2) is 0 Å². The molecule has 1 heterocycles. The minimum atomic E-state index is 0.316. The van der Waals surface area contributed by atoms with E-state index in [9.17, 15) is 0 Å². The molecule has 0 bridgehead atoms. The van der Waals surface area contributed by atoms with Crippen molar-refractivity contribution in [1.29, 1.82) is 0 Å². The number of aromatic nitrogens is 3. The van der Waals surface area contributed by atoms with Gasteiger partial charge in [-0.05, 0) is 102 Å². The molecule has 0 amide bonds. The number of fused-ring (bicyclic) bond motifs is 1. The Morgan fingerprint density at radius 2 is 0.800 bits per heavy atom. The van der Waals surface area contributed by atoms with Crippen LogP contribution >= 0.6 is 0 Å². The second kappa shape index (κ2) is 16.9. The number of rotatable bonds is 12. The Balaban J connectivity index is 1.22. The minimum Gasteiger partial charge on any atom is -0.396 e. The molecule has 60 heavy (non-hydrogen) atoms. The fraction of sp³-hybridized carbons (Fsp3) is 0.0769. The number of nitrogens with two attached hydrogens (primary N) is 1. The largest absolute Gasteiger partial charge is 0.396 e. The smallest absolute Gasteiger partial charge is 0.124 e. The van der Waals surface area contributed by atoms with Gasteiger partial charge < -0.3 is 15.5 Å². The highest BCUT2D eigenvalue weighted by molar-refractivity contribution is 6.12. The molecule has 1 aromatic heterocycles. The number of hydrogen-bond acceptors (Lipinski definition) is 7. The van der Waals surface area contributed by atoms with E-state index in [0.717, 1.165) is 62.1 Å². The molecule has 0 fully saturated rings.